The molecule has 1 aliphatic rings. The molecule has 1 aliphatic carbocycles. The molecule has 10 heteroatoms. The second kappa shape index (κ2) is 15.4. The summed E-state index contributed by atoms with van der Waals surface area (Å²) < 4.78 is 29.5. The predicted molar refractivity (Wildman–Crippen MR) is 188 cm³/mol. The van der Waals surface area contributed by atoms with Gasteiger partial charge in [-0.15, -0.1) is 0 Å². The summed E-state index contributed by atoms with van der Waals surface area (Å²) in [4.78, 5) is 30.3. The summed E-state index contributed by atoms with van der Waals surface area (Å²) in [5.41, 5.74) is 3.65. The van der Waals surface area contributed by atoms with Crippen molar-refractivity contribution < 1.29 is 18.0 Å². The van der Waals surface area contributed by atoms with E-state index in [0.717, 1.165) is 52.2 Å². The summed E-state index contributed by atoms with van der Waals surface area (Å²) in [6.45, 7) is 3.31. The quantitative estimate of drug-likeness (QED) is 0.167. The Bertz CT molecular complexity index is 1810. The van der Waals surface area contributed by atoms with Gasteiger partial charge in [0.1, 0.15) is 12.6 Å². The van der Waals surface area contributed by atoms with E-state index in [9.17, 15) is 18.0 Å². The molecule has 0 saturated heterocycles. The molecule has 4 aromatic carbocycles. The molecule has 0 unspecified atom stereocenters. The van der Waals surface area contributed by atoms with Gasteiger partial charge in [-0.2, -0.15) is 0 Å². The number of anilines is 1. The maximum atomic E-state index is 14.7. The fraction of sp³-hybridized carbons (Fsp3) is 0.297. The minimum atomic E-state index is -4.30. The maximum Gasteiger partial charge on any atom is 0.264 e. The topological polar surface area (TPSA) is 86.8 Å². The first kappa shape index (κ1) is 34.5. The van der Waals surface area contributed by atoms with Gasteiger partial charge in [0, 0.05) is 24.0 Å². The number of amides is 2. The van der Waals surface area contributed by atoms with Crippen LogP contribution < -0.4 is 9.62 Å². The van der Waals surface area contributed by atoms with Gasteiger partial charge in [-0.3, -0.25) is 13.9 Å². The summed E-state index contributed by atoms with van der Waals surface area (Å²) >= 11 is 12.9. The highest BCUT2D eigenvalue weighted by atomic mass is 35.5. The van der Waals surface area contributed by atoms with E-state index in [2.05, 4.69) is 5.32 Å². The van der Waals surface area contributed by atoms with Crippen molar-refractivity contribution in [1.82, 2.24) is 10.2 Å². The molecule has 7 nitrogen and oxygen atoms in total. The Morgan fingerprint density at radius 2 is 1.51 bits per heavy atom. The largest absolute Gasteiger partial charge is 0.352 e. The number of hydrogen-bond acceptors (Lipinski definition) is 4. The van der Waals surface area contributed by atoms with Crippen molar-refractivity contribution in [2.45, 2.75) is 69.5 Å². The number of rotatable bonds is 12. The number of halogens is 2. The van der Waals surface area contributed by atoms with Crippen LogP contribution in [0.1, 0.15) is 47.9 Å². The molecular weight excluding hydrogens is 653 g/mol. The zero-order valence-corrected chi connectivity index (χ0v) is 28.9. The average molecular weight is 693 g/mol. The van der Waals surface area contributed by atoms with E-state index < -0.39 is 28.5 Å². The molecule has 1 atom stereocenters. The van der Waals surface area contributed by atoms with Crippen LogP contribution in [0.25, 0.3) is 0 Å². The molecule has 0 heterocycles. The fourth-order valence-electron chi connectivity index (χ4n) is 5.96. The molecule has 1 N–H and O–H groups in total. The van der Waals surface area contributed by atoms with Crippen LogP contribution in [0.4, 0.5) is 5.69 Å². The minimum absolute atomic E-state index is 0.00279. The third kappa shape index (κ3) is 8.74. The molecule has 4 aromatic rings. The van der Waals surface area contributed by atoms with Crippen LogP contribution >= 0.6 is 23.2 Å². The zero-order chi connectivity index (χ0) is 33.6. The number of hydrogen-bond donors (Lipinski definition) is 1. The van der Waals surface area contributed by atoms with Gasteiger partial charge >= 0.3 is 0 Å². The van der Waals surface area contributed by atoms with E-state index in [0.29, 0.717) is 0 Å². The highest BCUT2D eigenvalue weighted by molar-refractivity contribution is 7.92. The van der Waals surface area contributed by atoms with E-state index in [4.69, 9.17) is 23.2 Å². The standard InChI is InChI=1S/C37H39Cl2N3O4S/c1-26-15-18-32(19-16-26)47(45,46)42(34-23-30(38)17-20-33(34)39)25-36(43)41(24-29-12-8-9-27(2)21-29)35(22-28-10-4-3-5-11-28)37(44)40-31-13-6-7-14-31/h3-5,8-12,15-21,23,31,35H,6-7,13-14,22,24-25H2,1-2H3,(H,40,44)/t35-/m0/s1. The molecule has 2 amide bonds. The normalized spacial score (nSPS) is 14.0. The minimum Gasteiger partial charge on any atom is -0.352 e. The summed E-state index contributed by atoms with van der Waals surface area (Å²) in [6, 6.07) is 27.2. The zero-order valence-electron chi connectivity index (χ0n) is 26.5. The van der Waals surface area contributed by atoms with Crippen LogP contribution in [0.2, 0.25) is 10.0 Å². The van der Waals surface area contributed by atoms with E-state index in [1.54, 1.807) is 18.2 Å². The van der Waals surface area contributed by atoms with Crippen molar-refractivity contribution >= 4 is 50.7 Å². The number of benzene rings is 4. The molecule has 246 valence electrons. The van der Waals surface area contributed by atoms with Crippen molar-refractivity contribution in [2.75, 3.05) is 10.8 Å². The number of carbonyl (C=O) groups is 2. The third-order valence-corrected chi connectivity index (χ3v) is 10.8. The van der Waals surface area contributed by atoms with Gasteiger partial charge in [-0.25, -0.2) is 8.42 Å². The highest BCUT2D eigenvalue weighted by Gasteiger charge is 2.36. The number of nitrogens with zero attached hydrogens (tertiary/aromatic N) is 2. The van der Waals surface area contributed by atoms with Crippen molar-refractivity contribution in [3.05, 3.63) is 129 Å². The summed E-state index contributed by atoms with van der Waals surface area (Å²) in [7, 11) is -4.30. The monoisotopic (exact) mass is 691 g/mol. The van der Waals surface area contributed by atoms with Gasteiger partial charge in [0.25, 0.3) is 10.0 Å². The lowest BCUT2D eigenvalue weighted by Gasteiger charge is -2.34. The van der Waals surface area contributed by atoms with Crippen LogP contribution in [-0.4, -0.2) is 43.8 Å². The number of nitrogens with one attached hydrogen (secondary N) is 1. The summed E-state index contributed by atoms with van der Waals surface area (Å²) in [5.74, 6) is -0.823. The number of carbonyl (C=O) groups excluding carboxylic acids is 2. The Hall–Kier alpha value is -3.85. The van der Waals surface area contributed by atoms with E-state index >= 15 is 0 Å². The Kier molecular flexibility index (Phi) is 11.3. The van der Waals surface area contributed by atoms with E-state index in [1.165, 1.54) is 29.2 Å². The van der Waals surface area contributed by atoms with Crippen LogP contribution in [0.15, 0.2) is 102 Å². The summed E-state index contributed by atoms with van der Waals surface area (Å²) in [6.07, 6.45) is 4.08. The lowest BCUT2D eigenvalue weighted by Crippen LogP contribution is -2.54. The molecule has 5 rings (SSSR count). The molecule has 0 aliphatic heterocycles. The van der Waals surface area contributed by atoms with Gasteiger partial charge in [0.2, 0.25) is 11.8 Å². The molecule has 1 fully saturated rings. The second-order valence-electron chi connectivity index (χ2n) is 12.1. The maximum absolute atomic E-state index is 14.7. The third-order valence-electron chi connectivity index (χ3n) is 8.47. The first-order valence-electron chi connectivity index (χ1n) is 15.7. The summed E-state index contributed by atoms with van der Waals surface area (Å²) in [5, 5.41) is 3.56. The van der Waals surface area contributed by atoms with Gasteiger partial charge in [-0.05, 0) is 68.1 Å². The Morgan fingerprint density at radius 3 is 2.19 bits per heavy atom. The average Bonchev–Trinajstić information content (AvgIpc) is 3.56. The van der Waals surface area contributed by atoms with Crippen LogP contribution in [-0.2, 0) is 32.6 Å². The molecule has 1 saturated carbocycles. The molecule has 47 heavy (non-hydrogen) atoms. The molecule has 0 spiro atoms. The van der Waals surface area contributed by atoms with Crippen molar-refractivity contribution in [2.24, 2.45) is 0 Å². The van der Waals surface area contributed by atoms with Gasteiger partial charge in [0.15, 0.2) is 0 Å². The van der Waals surface area contributed by atoms with Crippen molar-refractivity contribution in [3.63, 3.8) is 0 Å². The molecule has 0 aromatic heterocycles. The fourth-order valence-corrected chi connectivity index (χ4v) is 7.82. The van der Waals surface area contributed by atoms with Gasteiger partial charge in [0.05, 0.1) is 15.6 Å². The molecule has 0 bridgehead atoms. The Balaban J connectivity index is 1.59. The first-order valence-corrected chi connectivity index (χ1v) is 17.9. The van der Waals surface area contributed by atoms with Crippen molar-refractivity contribution in [3.8, 4) is 0 Å². The lowest BCUT2D eigenvalue weighted by atomic mass is 10.0. The molecule has 0 radical (unpaired) electrons. The molecular formula is C37H39Cl2N3O4S. The smallest absolute Gasteiger partial charge is 0.264 e. The predicted octanol–water partition coefficient (Wildman–Crippen LogP) is 7.50. The van der Waals surface area contributed by atoms with E-state index in [1.807, 2.05) is 68.4 Å². The van der Waals surface area contributed by atoms with Gasteiger partial charge < -0.3 is 10.2 Å². The highest BCUT2D eigenvalue weighted by Crippen LogP contribution is 2.33. The van der Waals surface area contributed by atoms with E-state index in [-0.39, 0.29) is 45.5 Å². The number of aryl methyl sites for hydroxylation is 2. The SMILES string of the molecule is Cc1ccc(S(=O)(=O)N(CC(=O)N(Cc2cccc(C)c2)[C@@H](Cc2ccccc2)C(=O)NC2CCCC2)c2cc(Cl)ccc2Cl)cc1. The Labute approximate surface area is 287 Å². The lowest BCUT2D eigenvalue weighted by molar-refractivity contribution is -0.140. The first-order chi connectivity index (χ1) is 22.5. The van der Waals surface area contributed by atoms with Crippen LogP contribution in [0, 0.1) is 13.8 Å². The van der Waals surface area contributed by atoms with Gasteiger partial charge in [-0.1, -0.05) is 114 Å². The van der Waals surface area contributed by atoms with Crippen LogP contribution in [0.3, 0.4) is 0 Å². The Morgan fingerprint density at radius 1 is 0.830 bits per heavy atom. The number of sulfonamides is 1. The van der Waals surface area contributed by atoms with Crippen LogP contribution in [0.5, 0.6) is 0 Å². The van der Waals surface area contributed by atoms with Crippen molar-refractivity contribution in [1.29, 1.82) is 0 Å². The second-order valence-corrected chi connectivity index (χ2v) is 14.8.